The van der Waals surface area contributed by atoms with Crippen LogP contribution >= 0.6 is 10.2 Å². The van der Waals surface area contributed by atoms with Gasteiger partial charge < -0.3 is 20.6 Å². The van der Waals surface area contributed by atoms with E-state index in [0.717, 1.165) is 82.0 Å². The lowest BCUT2D eigenvalue weighted by Crippen LogP contribution is -2.54. The van der Waals surface area contributed by atoms with Gasteiger partial charge in [0.2, 0.25) is 11.8 Å². The molecule has 1 atom stereocenters. The van der Waals surface area contributed by atoms with E-state index in [1.54, 1.807) is 30.3 Å². The number of carbonyl (C=O) groups excluding carboxylic acids is 5. The van der Waals surface area contributed by atoms with Crippen LogP contribution < -0.4 is 16.0 Å². The van der Waals surface area contributed by atoms with Crippen LogP contribution in [-0.4, -0.2) is 91.4 Å². The summed E-state index contributed by atoms with van der Waals surface area (Å²) in [6.45, 7) is 6.72. The van der Waals surface area contributed by atoms with E-state index in [1.807, 2.05) is 10.9 Å². The summed E-state index contributed by atoms with van der Waals surface area (Å²) in [6.07, 6.45) is 10.3. The second-order valence-corrected chi connectivity index (χ2v) is 21.6. The smallest absolute Gasteiger partial charge is 0.325 e. The Labute approximate surface area is 371 Å². The number of amides is 5. The predicted octanol–water partition coefficient (Wildman–Crippen LogP) is 8.31. The molecule has 2 aromatic carbocycles. The van der Waals surface area contributed by atoms with Crippen LogP contribution in [0.2, 0.25) is 0 Å². The molecule has 0 radical (unpaired) electrons. The standard InChI is InChI=1S/C45H51F5N8O6S/c1-44(2,64)31-20-34-28(19-35(31)53-40(60)33-7-4-8-38(52-33)65(46,47,48,49)50)25-57(55-34)29-11-9-26(10-12-29)24-56-17-15-45(16-18-56)21-27(22-45)23-51-32-6-3-5-30-39(32)43(63)58(42(30)62)36-13-14-37(59)54-41(36)61/h3-8,19-20,25-27,29,36,51,64H,9-18,21-24H2,1-2H3,(H,53,60)(H,54,59,61)/t26-,29-,36?. The van der Waals surface area contributed by atoms with Gasteiger partial charge in [0, 0.05) is 48.0 Å². The third kappa shape index (κ3) is 8.95. The van der Waals surface area contributed by atoms with E-state index in [4.69, 9.17) is 5.10 Å². The number of imide groups is 2. The van der Waals surface area contributed by atoms with Gasteiger partial charge in [-0.15, -0.1) is 0 Å². The van der Waals surface area contributed by atoms with Crippen LogP contribution in [0.5, 0.6) is 0 Å². The summed E-state index contributed by atoms with van der Waals surface area (Å²) in [4.78, 5) is 70.5. The topological polar surface area (TPSA) is 179 Å². The van der Waals surface area contributed by atoms with E-state index in [1.165, 1.54) is 13.8 Å². The number of aliphatic hydroxyl groups is 1. The second-order valence-electron chi connectivity index (χ2n) is 19.2. The maximum Gasteiger partial charge on any atom is 0.325 e. The number of hydrogen-bond acceptors (Lipinski definition) is 10. The Kier molecular flexibility index (Phi) is 10.5. The van der Waals surface area contributed by atoms with Crippen molar-refractivity contribution in [3.63, 3.8) is 0 Å². The summed E-state index contributed by atoms with van der Waals surface area (Å²) in [5.74, 6) is -2.28. The van der Waals surface area contributed by atoms with E-state index in [0.29, 0.717) is 46.5 Å². The highest BCUT2D eigenvalue weighted by Gasteiger charge is 2.67. The molecule has 4 fully saturated rings. The zero-order valence-corrected chi connectivity index (χ0v) is 36.7. The van der Waals surface area contributed by atoms with Crippen LogP contribution in [0.15, 0.2) is 59.8 Å². The molecular weight excluding hydrogens is 876 g/mol. The number of rotatable bonds is 11. The number of benzene rings is 2. The maximum absolute atomic E-state index is 13.5. The summed E-state index contributed by atoms with van der Waals surface area (Å²) in [5.41, 5.74) is -0.0752. The highest BCUT2D eigenvalue weighted by atomic mass is 32.5. The molecule has 14 nitrogen and oxygen atoms in total. The van der Waals surface area contributed by atoms with E-state index in [9.17, 15) is 48.5 Å². The number of nitrogens with zero attached hydrogens (tertiary/aromatic N) is 5. The van der Waals surface area contributed by atoms with Gasteiger partial charge in [0.15, 0.2) is 5.03 Å². The van der Waals surface area contributed by atoms with E-state index in [-0.39, 0.29) is 47.3 Å². The fourth-order valence-electron chi connectivity index (χ4n) is 10.6. The van der Waals surface area contributed by atoms with Crippen LogP contribution in [0.3, 0.4) is 0 Å². The molecule has 5 aliphatic rings. The lowest BCUT2D eigenvalue weighted by molar-refractivity contribution is -0.136. The minimum Gasteiger partial charge on any atom is -0.386 e. The SMILES string of the molecule is CC(C)(O)c1cc2nn([C@H]3CC[C@H](CN4CCC5(CC4)CC(CNc4cccc6c4C(=O)N(C4CCC(=O)NC4=O)C6=O)C5)CC3)cc2cc1NC(=O)c1cccc(S(F)(F)(F)(F)F)n1. The van der Waals surface area contributed by atoms with Gasteiger partial charge in [-0.3, -0.25) is 38.9 Å². The first-order valence-electron chi connectivity index (χ1n) is 22.0. The van der Waals surface area contributed by atoms with Gasteiger partial charge in [0.25, 0.3) is 17.7 Å². The number of nitrogens with one attached hydrogen (secondary N) is 3. The number of fused-ring (bicyclic) bond motifs is 2. The van der Waals surface area contributed by atoms with Gasteiger partial charge >= 0.3 is 10.2 Å². The minimum absolute atomic E-state index is 0.0634. The Bertz CT molecular complexity index is 2630. The fraction of sp³-hybridized carbons (Fsp3) is 0.489. The molecule has 2 saturated carbocycles. The van der Waals surface area contributed by atoms with E-state index in [2.05, 4.69) is 25.8 Å². The molecule has 9 rings (SSSR count). The molecule has 3 aliphatic heterocycles. The Morgan fingerprint density at radius 2 is 1.62 bits per heavy atom. The summed E-state index contributed by atoms with van der Waals surface area (Å²) in [6, 6.07) is 9.12. The highest BCUT2D eigenvalue weighted by Crippen LogP contribution is 3.01. The Morgan fingerprint density at radius 1 is 0.908 bits per heavy atom. The van der Waals surface area contributed by atoms with Gasteiger partial charge in [-0.2, -0.15) is 5.10 Å². The number of aromatic nitrogens is 3. The summed E-state index contributed by atoms with van der Waals surface area (Å²) in [5, 5.41) is 22.1. The summed E-state index contributed by atoms with van der Waals surface area (Å²) < 4.78 is 69.1. The molecule has 348 valence electrons. The zero-order valence-electron chi connectivity index (χ0n) is 35.9. The van der Waals surface area contributed by atoms with Gasteiger partial charge in [0.05, 0.1) is 28.3 Å². The van der Waals surface area contributed by atoms with Crippen LogP contribution in [0.25, 0.3) is 10.9 Å². The number of pyridine rings is 1. The molecule has 5 amide bonds. The second kappa shape index (κ2) is 15.3. The molecular formula is C45H51F5N8O6S. The van der Waals surface area contributed by atoms with Gasteiger partial charge in [-0.25, -0.2) is 4.98 Å². The Morgan fingerprint density at radius 3 is 2.29 bits per heavy atom. The molecule has 1 unspecified atom stereocenters. The number of likely N-dealkylation sites (tertiary alicyclic amines) is 1. The van der Waals surface area contributed by atoms with Crippen molar-refractivity contribution in [2.45, 2.75) is 101 Å². The highest BCUT2D eigenvalue weighted by molar-refractivity contribution is 8.45. The fourth-order valence-corrected chi connectivity index (χ4v) is 11.2. The molecule has 5 heterocycles. The molecule has 65 heavy (non-hydrogen) atoms. The average Bonchev–Trinajstić information content (AvgIpc) is 3.76. The molecule has 2 saturated heterocycles. The van der Waals surface area contributed by atoms with Gasteiger partial charge in [-0.05, 0) is 138 Å². The monoisotopic (exact) mass is 926 g/mol. The van der Waals surface area contributed by atoms with Crippen LogP contribution in [0.1, 0.15) is 121 Å². The maximum atomic E-state index is 13.5. The largest absolute Gasteiger partial charge is 0.386 e. The van der Waals surface area contributed by atoms with Crippen molar-refractivity contribution in [3.8, 4) is 0 Å². The van der Waals surface area contributed by atoms with Crippen molar-refractivity contribution in [1.82, 2.24) is 29.9 Å². The van der Waals surface area contributed by atoms with Gasteiger partial charge in [-0.1, -0.05) is 31.6 Å². The Balaban J connectivity index is 0.754. The number of anilines is 2. The third-order valence-electron chi connectivity index (χ3n) is 14.0. The van der Waals surface area contributed by atoms with E-state index < -0.39 is 62.1 Å². The predicted molar refractivity (Wildman–Crippen MR) is 232 cm³/mol. The van der Waals surface area contributed by atoms with Crippen molar-refractivity contribution in [3.05, 3.63) is 77.1 Å². The average molecular weight is 927 g/mol. The summed E-state index contributed by atoms with van der Waals surface area (Å²) in [7, 11) is -10.1. The minimum atomic E-state index is -10.1. The first-order chi connectivity index (χ1) is 30.4. The third-order valence-corrected chi connectivity index (χ3v) is 15.1. The van der Waals surface area contributed by atoms with Crippen molar-refractivity contribution in [1.29, 1.82) is 0 Å². The molecule has 20 heteroatoms. The molecule has 4 N–H and O–H groups in total. The van der Waals surface area contributed by atoms with Crippen LogP contribution in [0, 0.1) is 17.3 Å². The van der Waals surface area contributed by atoms with Gasteiger partial charge in [0.1, 0.15) is 11.7 Å². The quantitative estimate of drug-likeness (QED) is 0.0845. The molecule has 4 aromatic rings. The normalized spacial score (nSPS) is 24.1. The number of hydrogen-bond donors (Lipinski definition) is 4. The number of piperidine rings is 2. The van der Waals surface area contributed by atoms with Crippen LogP contribution in [0.4, 0.5) is 30.8 Å². The summed E-state index contributed by atoms with van der Waals surface area (Å²) >= 11 is 0. The zero-order chi connectivity index (χ0) is 46.3. The number of carbonyl (C=O) groups is 5. The molecule has 1 spiro atoms. The number of halogens is 5. The lowest BCUT2D eigenvalue weighted by atomic mass is 9.57. The van der Waals surface area contributed by atoms with Crippen LogP contribution in [-0.2, 0) is 15.2 Å². The van der Waals surface area contributed by atoms with E-state index >= 15 is 0 Å². The molecule has 2 aliphatic carbocycles. The van der Waals surface area contributed by atoms with Crippen molar-refractivity contribution < 1.29 is 48.5 Å². The first kappa shape index (κ1) is 44.7. The lowest BCUT2D eigenvalue weighted by Gasteiger charge is -2.53. The van der Waals surface area contributed by atoms with Crippen molar-refractivity contribution in [2.75, 3.05) is 36.8 Å². The molecule has 0 bridgehead atoms. The molecule has 2 aromatic heterocycles. The van der Waals surface area contributed by atoms with Crippen molar-refractivity contribution >= 4 is 62.0 Å². The first-order valence-corrected chi connectivity index (χ1v) is 24.0. The Hall–Kier alpha value is -5.47. The van der Waals surface area contributed by atoms with Crippen molar-refractivity contribution in [2.24, 2.45) is 17.3 Å².